The number of rotatable bonds is 1. The zero-order chi connectivity index (χ0) is 10.1. The number of nitrogens with zero attached hydrogens (tertiary/aromatic N) is 1. The number of hydrogen-bond acceptors (Lipinski definition) is 2. The molecule has 1 aromatic carbocycles. The van der Waals surface area contributed by atoms with Crippen molar-refractivity contribution in [2.24, 2.45) is 5.73 Å². The zero-order valence-corrected chi connectivity index (χ0v) is 8.54. The highest BCUT2D eigenvalue weighted by Gasteiger charge is 2.03. The summed E-state index contributed by atoms with van der Waals surface area (Å²) < 4.78 is 0. The Hall–Kier alpha value is -1.41. The van der Waals surface area contributed by atoms with Gasteiger partial charge in [0.15, 0.2) is 0 Å². The van der Waals surface area contributed by atoms with E-state index < -0.39 is 0 Å². The summed E-state index contributed by atoms with van der Waals surface area (Å²) in [7, 11) is 0. The first-order valence-electron chi connectivity index (χ1n) is 4.77. The van der Waals surface area contributed by atoms with Crippen LogP contribution in [0.4, 0.5) is 0 Å². The predicted octanol–water partition coefficient (Wildman–Crippen LogP) is 2.31. The maximum Gasteiger partial charge on any atom is 0.0705 e. The molecule has 0 amide bonds. The lowest BCUT2D eigenvalue weighted by atomic mass is 10.0. The largest absolute Gasteiger partial charge is 0.326 e. The highest BCUT2D eigenvalue weighted by molar-refractivity contribution is 5.83. The Bertz CT molecular complexity index is 475. The average molecular weight is 186 g/mol. The van der Waals surface area contributed by atoms with Crippen molar-refractivity contribution in [3.05, 3.63) is 41.1 Å². The SMILES string of the molecule is Cc1ccc2ncc(CN)c(C)c2c1. The van der Waals surface area contributed by atoms with Crippen molar-refractivity contribution >= 4 is 10.9 Å². The topological polar surface area (TPSA) is 38.9 Å². The Balaban J connectivity index is 2.79. The maximum atomic E-state index is 5.64. The molecule has 0 saturated carbocycles. The molecule has 0 aliphatic carbocycles. The monoisotopic (exact) mass is 186 g/mol. The fourth-order valence-corrected chi connectivity index (χ4v) is 1.69. The van der Waals surface area contributed by atoms with Gasteiger partial charge in [0, 0.05) is 18.1 Å². The molecule has 0 unspecified atom stereocenters. The van der Waals surface area contributed by atoms with Crippen LogP contribution in [-0.4, -0.2) is 4.98 Å². The molecule has 2 aromatic rings. The molecule has 72 valence electrons. The summed E-state index contributed by atoms with van der Waals surface area (Å²) in [5.74, 6) is 0. The van der Waals surface area contributed by atoms with Crippen LogP contribution in [0.3, 0.4) is 0 Å². The lowest BCUT2D eigenvalue weighted by molar-refractivity contribution is 1.04. The van der Waals surface area contributed by atoms with Gasteiger partial charge in [-0.15, -0.1) is 0 Å². The molecule has 1 aromatic heterocycles. The van der Waals surface area contributed by atoms with Gasteiger partial charge in [-0.1, -0.05) is 11.6 Å². The van der Waals surface area contributed by atoms with Crippen LogP contribution < -0.4 is 5.73 Å². The van der Waals surface area contributed by atoms with Crippen molar-refractivity contribution in [3.63, 3.8) is 0 Å². The van der Waals surface area contributed by atoms with Gasteiger partial charge < -0.3 is 5.73 Å². The first-order chi connectivity index (χ1) is 6.72. The molecule has 0 bridgehead atoms. The van der Waals surface area contributed by atoms with E-state index in [1.807, 2.05) is 6.20 Å². The van der Waals surface area contributed by atoms with Crippen LogP contribution in [0.5, 0.6) is 0 Å². The van der Waals surface area contributed by atoms with Gasteiger partial charge in [-0.2, -0.15) is 0 Å². The first kappa shape index (κ1) is 9.16. The Kier molecular flexibility index (Phi) is 2.22. The number of nitrogens with two attached hydrogens (primary N) is 1. The van der Waals surface area contributed by atoms with Gasteiger partial charge in [-0.05, 0) is 37.1 Å². The van der Waals surface area contributed by atoms with Crippen molar-refractivity contribution < 1.29 is 0 Å². The molecule has 1 heterocycles. The van der Waals surface area contributed by atoms with Gasteiger partial charge in [0.1, 0.15) is 0 Å². The van der Waals surface area contributed by atoms with Crippen LogP contribution in [0.15, 0.2) is 24.4 Å². The fourth-order valence-electron chi connectivity index (χ4n) is 1.69. The third-order valence-corrected chi connectivity index (χ3v) is 2.62. The van der Waals surface area contributed by atoms with Crippen molar-refractivity contribution in [2.45, 2.75) is 20.4 Å². The third kappa shape index (κ3) is 1.38. The number of pyridine rings is 1. The van der Waals surface area contributed by atoms with Crippen LogP contribution in [0.2, 0.25) is 0 Å². The second-order valence-electron chi connectivity index (χ2n) is 3.63. The second kappa shape index (κ2) is 3.39. The predicted molar refractivity (Wildman–Crippen MR) is 59.1 cm³/mol. The van der Waals surface area contributed by atoms with Crippen LogP contribution in [-0.2, 0) is 6.54 Å². The first-order valence-corrected chi connectivity index (χ1v) is 4.77. The number of aryl methyl sites for hydroxylation is 2. The number of hydrogen-bond donors (Lipinski definition) is 1. The number of aromatic nitrogens is 1. The summed E-state index contributed by atoms with van der Waals surface area (Å²) in [6, 6.07) is 6.30. The van der Waals surface area contributed by atoms with E-state index in [2.05, 4.69) is 37.0 Å². The van der Waals surface area contributed by atoms with Crippen molar-refractivity contribution in [2.75, 3.05) is 0 Å². The molecule has 0 aliphatic heterocycles. The van der Waals surface area contributed by atoms with E-state index in [0.717, 1.165) is 11.1 Å². The Morgan fingerprint density at radius 2 is 2.07 bits per heavy atom. The zero-order valence-electron chi connectivity index (χ0n) is 8.54. The van der Waals surface area contributed by atoms with Crippen LogP contribution in [0.1, 0.15) is 16.7 Å². The quantitative estimate of drug-likeness (QED) is 0.742. The summed E-state index contributed by atoms with van der Waals surface area (Å²) in [6.07, 6.45) is 1.87. The Morgan fingerprint density at radius 1 is 1.29 bits per heavy atom. The normalized spacial score (nSPS) is 10.8. The van der Waals surface area contributed by atoms with E-state index in [1.54, 1.807) is 0 Å². The van der Waals surface area contributed by atoms with Crippen molar-refractivity contribution in [3.8, 4) is 0 Å². The van der Waals surface area contributed by atoms with Crippen LogP contribution in [0, 0.1) is 13.8 Å². The third-order valence-electron chi connectivity index (χ3n) is 2.62. The Labute approximate surface area is 83.8 Å². The number of benzene rings is 1. The molecule has 2 N–H and O–H groups in total. The lowest BCUT2D eigenvalue weighted by Crippen LogP contribution is -2.00. The van der Waals surface area contributed by atoms with Crippen molar-refractivity contribution in [1.29, 1.82) is 0 Å². The van der Waals surface area contributed by atoms with E-state index in [0.29, 0.717) is 6.54 Å². The summed E-state index contributed by atoms with van der Waals surface area (Å²) in [6.45, 7) is 4.75. The van der Waals surface area contributed by atoms with E-state index in [1.165, 1.54) is 16.5 Å². The smallest absolute Gasteiger partial charge is 0.0705 e. The van der Waals surface area contributed by atoms with E-state index in [9.17, 15) is 0 Å². The standard InChI is InChI=1S/C12H14N2/c1-8-3-4-12-11(5-8)9(2)10(6-13)7-14-12/h3-5,7H,6,13H2,1-2H3. The van der Waals surface area contributed by atoms with Gasteiger partial charge in [0.25, 0.3) is 0 Å². The molecular weight excluding hydrogens is 172 g/mol. The van der Waals surface area contributed by atoms with E-state index in [4.69, 9.17) is 5.73 Å². The molecule has 14 heavy (non-hydrogen) atoms. The molecule has 0 fully saturated rings. The summed E-state index contributed by atoms with van der Waals surface area (Å²) >= 11 is 0. The molecule has 0 atom stereocenters. The van der Waals surface area contributed by atoms with Gasteiger partial charge in [-0.25, -0.2) is 0 Å². The maximum absolute atomic E-state index is 5.64. The molecule has 0 saturated heterocycles. The average Bonchev–Trinajstić information content (AvgIpc) is 2.20. The van der Waals surface area contributed by atoms with E-state index >= 15 is 0 Å². The summed E-state index contributed by atoms with van der Waals surface area (Å²) in [5.41, 5.74) is 10.3. The van der Waals surface area contributed by atoms with Crippen LogP contribution in [0.25, 0.3) is 10.9 Å². The summed E-state index contributed by atoms with van der Waals surface area (Å²) in [4.78, 5) is 4.37. The van der Waals surface area contributed by atoms with Gasteiger partial charge in [-0.3, -0.25) is 4.98 Å². The highest BCUT2D eigenvalue weighted by atomic mass is 14.7. The van der Waals surface area contributed by atoms with Gasteiger partial charge in [0.2, 0.25) is 0 Å². The fraction of sp³-hybridized carbons (Fsp3) is 0.250. The molecule has 2 heteroatoms. The Morgan fingerprint density at radius 3 is 2.79 bits per heavy atom. The molecule has 0 aliphatic rings. The van der Waals surface area contributed by atoms with Crippen molar-refractivity contribution in [1.82, 2.24) is 4.98 Å². The van der Waals surface area contributed by atoms with Gasteiger partial charge in [0.05, 0.1) is 5.52 Å². The minimum atomic E-state index is 0.558. The molecule has 0 radical (unpaired) electrons. The minimum Gasteiger partial charge on any atom is -0.326 e. The lowest BCUT2D eigenvalue weighted by Gasteiger charge is -2.07. The molecule has 2 rings (SSSR count). The number of fused-ring (bicyclic) bond motifs is 1. The minimum absolute atomic E-state index is 0.558. The highest BCUT2D eigenvalue weighted by Crippen LogP contribution is 2.20. The molecule has 0 spiro atoms. The van der Waals surface area contributed by atoms with Gasteiger partial charge >= 0.3 is 0 Å². The molecule has 2 nitrogen and oxygen atoms in total. The molecular formula is C12H14N2. The van der Waals surface area contributed by atoms with E-state index in [-0.39, 0.29) is 0 Å². The van der Waals surface area contributed by atoms with Crippen LogP contribution >= 0.6 is 0 Å². The second-order valence-corrected chi connectivity index (χ2v) is 3.63. The summed E-state index contributed by atoms with van der Waals surface area (Å²) in [5, 5.41) is 1.22.